The van der Waals surface area contributed by atoms with Crippen molar-refractivity contribution in [3.63, 3.8) is 0 Å². The lowest BCUT2D eigenvalue weighted by atomic mass is 9.87. The van der Waals surface area contributed by atoms with E-state index in [4.69, 9.17) is 0 Å². The number of hydrogen-bond donors (Lipinski definition) is 1. The van der Waals surface area contributed by atoms with Gasteiger partial charge < -0.3 is 4.90 Å². The number of rotatable bonds is 5. The second-order valence-corrected chi connectivity index (χ2v) is 8.24. The summed E-state index contributed by atoms with van der Waals surface area (Å²) in [5.41, 5.74) is 0. The standard InChI is InChI=1S/C15H28N2O3S/c1-2-12-21(19,20)16-14-8-10-17(11-9-14)15(18)13-6-4-3-5-7-13/h13-14,16H,2-12H2,1H3. The molecule has 1 aliphatic carbocycles. The molecule has 2 aliphatic rings. The van der Waals surface area contributed by atoms with Crippen molar-refractivity contribution < 1.29 is 13.2 Å². The smallest absolute Gasteiger partial charge is 0.225 e. The number of carbonyl (C=O) groups is 1. The zero-order valence-corrected chi connectivity index (χ0v) is 13.8. The van der Waals surface area contributed by atoms with E-state index in [1.165, 1.54) is 19.3 Å². The summed E-state index contributed by atoms with van der Waals surface area (Å²) < 4.78 is 26.3. The van der Waals surface area contributed by atoms with E-state index in [1.54, 1.807) is 0 Å². The van der Waals surface area contributed by atoms with Crippen LogP contribution in [0.4, 0.5) is 0 Å². The number of sulfonamides is 1. The molecule has 1 aliphatic heterocycles. The van der Waals surface area contributed by atoms with Crippen molar-refractivity contribution in [1.29, 1.82) is 0 Å². The topological polar surface area (TPSA) is 66.5 Å². The van der Waals surface area contributed by atoms with Gasteiger partial charge in [-0.3, -0.25) is 4.79 Å². The summed E-state index contributed by atoms with van der Waals surface area (Å²) in [5.74, 6) is 0.699. The van der Waals surface area contributed by atoms with Gasteiger partial charge in [-0.05, 0) is 32.1 Å². The number of likely N-dealkylation sites (tertiary alicyclic amines) is 1. The minimum atomic E-state index is -3.14. The van der Waals surface area contributed by atoms with Crippen LogP contribution in [0.5, 0.6) is 0 Å². The van der Waals surface area contributed by atoms with Gasteiger partial charge in [0.1, 0.15) is 0 Å². The number of piperidine rings is 1. The SMILES string of the molecule is CCCS(=O)(=O)NC1CCN(C(=O)C2CCCCC2)CC1. The number of carbonyl (C=O) groups excluding carboxylic acids is 1. The molecule has 2 fully saturated rings. The molecule has 0 aromatic carbocycles. The van der Waals surface area contributed by atoms with Crippen LogP contribution in [-0.4, -0.2) is 44.1 Å². The van der Waals surface area contributed by atoms with Crippen LogP contribution in [0.15, 0.2) is 0 Å². The fourth-order valence-electron chi connectivity index (χ4n) is 3.41. The van der Waals surface area contributed by atoms with E-state index < -0.39 is 10.0 Å². The highest BCUT2D eigenvalue weighted by Crippen LogP contribution is 2.26. The minimum absolute atomic E-state index is 0.00282. The first-order valence-corrected chi connectivity index (χ1v) is 9.96. The van der Waals surface area contributed by atoms with Gasteiger partial charge >= 0.3 is 0 Å². The van der Waals surface area contributed by atoms with Crippen LogP contribution in [-0.2, 0) is 14.8 Å². The maximum absolute atomic E-state index is 12.4. The zero-order valence-electron chi connectivity index (χ0n) is 13.0. The maximum Gasteiger partial charge on any atom is 0.225 e. The van der Waals surface area contributed by atoms with Gasteiger partial charge in [0, 0.05) is 25.0 Å². The Hall–Kier alpha value is -0.620. The number of amides is 1. The summed E-state index contributed by atoms with van der Waals surface area (Å²) in [5, 5.41) is 0. The molecule has 0 aromatic rings. The molecule has 122 valence electrons. The molecule has 1 N–H and O–H groups in total. The predicted molar refractivity (Wildman–Crippen MR) is 83.4 cm³/mol. The van der Waals surface area contributed by atoms with Crippen molar-refractivity contribution in [3.8, 4) is 0 Å². The fraction of sp³-hybridized carbons (Fsp3) is 0.933. The molecule has 1 saturated heterocycles. The van der Waals surface area contributed by atoms with Crippen LogP contribution < -0.4 is 4.72 Å². The molecule has 0 radical (unpaired) electrons. The molecule has 1 saturated carbocycles. The molecular weight excluding hydrogens is 288 g/mol. The summed E-state index contributed by atoms with van der Waals surface area (Å²) in [6.45, 7) is 3.24. The van der Waals surface area contributed by atoms with Crippen LogP contribution >= 0.6 is 0 Å². The second kappa shape index (κ2) is 7.58. The summed E-state index contributed by atoms with van der Waals surface area (Å²) in [6, 6.07) is -0.00282. The first-order valence-electron chi connectivity index (χ1n) is 8.30. The molecule has 6 heteroatoms. The van der Waals surface area contributed by atoms with E-state index in [0.717, 1.165) is 25.7 Å². The third kappa shape index (κ3) is 4.95. The highest BCUT2D eigenvalue weighted by Gasteiger charge is 2.30. The Bertz CT molecular complexity index is 436. The summed E-state index contributed by atoms with van der Waals surface area (Å²) in [7, 11) is -3.14. The minimum Gasteiger partial charge on any atom is -0.342 e. The highest BCUT2D eigenvalue weighted by molar-refractivity contribution is 7.89. The van der Waals surface area contributed by atoms with Gasteiger partial charge in [0.2, 0.25) is 15.9 Å². The third-order valence-corrected chi connectivity index (χ3v) is 6.22. The van der Waals surface area contributed by atoms with E-state index in [9.17, 15) is 13.2 Å². The van der Waals surface area contributed by atoms with E-state index in [2.05, 4.69) is 4.72 Å². The molecule has 21 heavy (non-hydrogen) atoms. The molecular formula is C15H28N2O3S. The van der Waals surface area contributed by atoms with Gasteiger partial charge in [-0.1, -0.05) is 26.2 Å². The molecule has 0 atom stereocenters. The molecule has 0 aromatic heterocycles. The Balaban J connectivity index is 1.78. The molecule has 0 unspecified atom stereocenters. The maximum atomic E-state index is 12.4. The Morgan fingerprint density at radius 2 is 1.71 bits per heavy atom. The first-order chi connectivity index (χ1) is 10.0. The van der Waals surface area contributed by atoms with Crippen molar-refractivity contribution in [2.24, 2.45) is 5.92 Å². The Morgan fingerprint density at radius 1 is 1.10 bits per heavy atom. The Morgan fingerprint density at radius 3 is 2.29 bits per heavy atom. The molecule has 5 nitrogen and oxygen atoms in total. The van der Waals surface area contributed by atoms with Crippen LogP contribution in [0.2, 0.25) is 0 Å². The number of nitrogens with one attached hydrogen (secondary N) is 1. The normalized spacial score (nSPS) is 22.4. The van der Waals surface area contributed by atoms with Crippen molar-refractivity contribution in [2.45, 2.75) is 64.3 Å². The van der Waals surface area contributed by atoms with E-state index in [-0.39, 0.29) is 17.7 Å². The third-order valence-electron chi connectivity index (χ3n) is 4.58. The summed E-state index contributed by atoms with van der Waals surface area (Å²) in [4.78, 5) is 14.4. The quantitative estimate of drug-likeness (QED) is 0.842. The fourth-order valence-corrected chi connectivity index (χ4v) is 4.81. The lowest BCUT2D eigenvalue weighted by Crippen LogP contribution is -2.48. The van der Waals surface area contributed by atoms with Gasteiger partial charge in [-0.2, -0.15) is 0 Å². The molecule has 0 spiro atoms. The van der Waals surface area contributed by atoms with E-state index in [0.29, 0.717) is 25.4 Å². The summed E-state index contributed by atoms with van der Waals surface area (Å²) >= 11 is 0. The number of nitrogens with zero attached hydrogens (tertiary/aromatic N) is 1. The molecule has 0 bridgehead atoms. The largest absolute Gasteiger partial charge is 0.342 e. The van der Waals surface area contributed by atoms with Gasteiger partial charge in [0.15, 0.2) is 0 Å². The second-order valence-electron chi connectivity index (χ2n) is 6.37. The average Bonchev–Trinajstić information content (AvgIpc) is 2.48. The van der Waals surface area contributed by atoms with Crippen molar-refractivity contribution >= 4 is 15.9 Å². The Labute approximate surface area is 128 Å². The molecule has 2 rings (SSSR count). The summed E-state index contributed by atoms with van der Waals surface area (Å²) in [6.07, 6.45) is 7.76. The van der Waals surface area contributed by atoms with Crippen LogP contribution in [0.25, 0.3) is 0 Å². The highest BCUT2D eigenvalue weighted by atomic mass is 32.2. The van der Waals surface area contributed by atoms with Crippen molar-refractivity contribution in [3.05, 3.63) is 0 Å². The number of hydrogen-bond acceptors (Lipinski definition) is 3. The van der Waals surface area contributed by atoms with Crippen LogP contribution in [0.3, 0.4) is 0 Å². The average molecular weight is 316 g/mol. The van der Waals surface area contributed by atoms with Crippen molar-refractivity contribution in [2.75, 3.05) is 18.8 Å². The van der Waals surface area contributed by atoms with Crippen LogP contribution in [0, 0.1) is 5.92 Å². The van der Waals surface area contributed by atoms with Gasteiger partial charge in [0.25, 0.3) is 0 Å². The lowest BCUT2D eigenvalue weighted by Gasteiger charge is -2.35. The van der Waals surface area contributed by atoms with Gasteiger partial charge in [-0.15, -0.1) is 0 Å². The van der Waals surface area contributed by atoms with Crippen LogP contribution in [0.1, 0.15) is 58.3 Å². The first kappa shape index (κ1) is 16.7. The lowest BCUT2D eigenvalue weighted by molar-refractivity contribution is -0.137. The van der Waals surface area contributed by atoms with Gasteiger partial charge in [0.05, 0.1) is 5.75 Å². The predicted octanol–water partition coefficient (Wildman–Crippen LogP) is 1.89. The van der Waals surface area contributed by atoms with Crippen molar-refractivity contribution in [1.82, 2.24) is 9.62 Å². The van der Waals surface area contributed by atoms with Gasteiger partial charge in [-0.25, -0.2) is 13.1 Å². The monoisotopic (exact) mass is 316 g/mol. The van der Waals surface area contributed by atoms with E-state index in [1.807, 2.05) is 11.8 Å². The zero-order chi connectivity index (χ0) is 15.3. The molecule has 1 amide bonds. The Kier molecular flexibility index (Phi) is 6.05. The molecule has 1 heterocycles. The van der Waals surface area contributed by atoms with E-state index >= 15 is 0 Å².